The normalized spacial score (nSPS) is 20.5. The van der Waals surface area contributed by atoms with Crippen LogP contribution in [0.5, 0.6) is 0 Å². The summed E-state index contributed by atoms with van der Waals surface area (Å²) in [6.45, 7) is 1.46. The van der Waals surface area contributed by atoms with E-state index in [0.717, 1.165) is 10.4 Å². The summed E-state index contributed by atoms with van der Waals surface area (Å²) in [5.41, 5.74) is 5.21. The van der Waals surface area contributed by atoms with E-state index in [4.69, 9.17) is 21.8 Å². The first kappa shape index (κ1) is 21.1. The average Bonchev–Trinajstić information content (AvgIpc) is 3.10. The number of aromatic nitrogens is 1. The molecule has 162 valence electrons. The number of hydrogen-bond donors (Lipinski definition) is 2. The first-order valence-corrected chi connectivity index (χ1v) is 11.0. The fourth-order valence-electron chi connectivity index (χ4n) is 3.28. The monoisotopic (exact) mass is 465 g/mol. The highest BCUT2D eigenvalue weighted by molar-refractivity contribution is 7.89. The zero-order chi connectivity index (χ0) is 22.6. The molecule has 0 saturated carbocycles. The van der Waals surface area contributed by atoms with E-state index in [2.05, 4.69) is 15.3 Å². The molecule has 2 aromatic carbocycles. The largest absolute Gasteiger partial charge is 0.432 e. The zero-order valence-corrected chi connectivity index (χ0v) is 18.0. The van der Waals surface area contributed by atoms with Gasteiger partial charge in [-0.15, -0.1) is 0 Å². The van der Waals surface area contributed by atoms with E-state index in [1.807, 2.05) is 0 Å². The maximum atomic E-state index is 14.6. The number of carbonyl (C=O) groups excluding carboxylic acids is 1. The second-order valence-electron chi connectivity index (χ2n) is 7.25. The lowest BCUT2D eigenvalue weighted by Gasteiger charge is -2.34. The Labute approximate surface area is 181 Å². The summed E-state index contributed by atoms with van der Waals surface area (Å²) in [6.07, 6.45) is 0. The Hall–Kier alpha value is -3.18. The number of amides is 1. The molecule has 1 amide bonds. The van der Waals surface area contributed by atoms with E-state index < -0.39 is 33.0 Å². The van der Waals surface area contributed by atoms with Crippen molar-refractivity contribution < 1.29 is 22.0 Å². The fraction of sp³-hybridized carbons (Fsp3) is 0.211. The standard InChI is InChI=1S/C19H17ClFN5O4S/c1-19(9-31(28,29)26(2)18(22)25-19)12-8-11(4-5-13(12)21)23-16(27)17-24-14-6-3-10(20)7-15(14)30-17/h3-8H,9H2,1-2H3,(H2,22,25)(H,23,27). The number of guanidine groups is 1. The number of aliphatic imine (C=N–C) groups is 1. The third kappa shape index (κ3) is 3.81. The minimum Gasteiger partial charge on any atom is -0.432 e. The van der Waals surface area contributed by atoms with Crippen LogP contribution >= 0.6 is 11.6 Å². The lowest BCUT2D eigenvalue weighted by molar-refractivity contribution is 0.0992. The van der Waals surface area contributed by atoms with Crippen LogP contribution in [0.15, 0.2) is 45.8 Å². The van der Waals surface area contributed by atoms with Crippen molar-refractivity contribution in [3.05, 3.63) is 58.7 Å². The molecule has 31 heavy (non-hydrogen) atoms. The molecule has 3 aromatic rings. The number of oxazole rings is 1. The first-order valence-electron chi connectivity index (χ1n) is 8.98. The smallest absolute Gasteiger partial charge is 0.311 e. The summed E-state index contributed by atoms with van der Waals surface area (Å²) in [6, 6.07) is 8.50. The van der Waals surface area contributed by atoms with Gasteiger partial charge in [0.25, 0.3) is 5.89 Å². The second-order valence-corrected chi connectivity index (χ2v) is 9.68. The number of anilines is 1. The number of halogens is 2. The molecule has 1 atom stereocenters. The first-order chi connectivity index (χ1) is 14.5. The Kier molecular flexibility index (Phi) is 4.90. The van der Waals surface area contributed by atoms with Gasteiger partial charge >= 0.3 is 5.91 Å². The summed E-state index contributed by atoms with van der Waals surface area (Å²) < 4.78 is 45.7. The summed E-state index contributed by atoms with van der Waals surface area (Å²) in [7, 11) is -2.52. The molecule has 0 fully saturated rings. The predicted molar refractivity (Wildman–Crippen MR) is 114 cm³/mol. The molecular weight excluding hydrogens is 449 g/mol. The molecule has 1 aromatic heterocycles. The molecule has 12 heteroatoms. The Bertz CT molecular complexity index is 1360. The molecule has 0 radical (unpaired) electrons. The van der Waals surface area contributed by atoms with Gasteiger partial charge in [-0.2, -0.15) is 0 Å². The van der Waals surface area contributed by atoms with Gasteiger partial charge in [0, 0.05) is 29.4 Å². The van der Waals surface area contributed by atoms with Crippen LogP contribution in [0.4, 0.5) is 10.1 Å². The minimum absolute atomic E-state index is 0.0331. The third-order valence-corrected chi connectivity index (χ3v) is 7.10. The van der Waals surface area contributed by atoms with Gasteiger partial charge in [0.15, 0.2) is 5.58 Å². The van der Waals surface area contributed by atoms with Gasteiger partial charge in [0.05, 0.1) is 5.75 Å². The van der Waals surface area contributed by atoms with Crippen LogP contribution in [0.1, 0.15) is 23.2 Å². The van der Waals surface area contributed by atoms with Crippen LogP contribution in [-0.4, -0.2) is 42.4 Å². The van der Waals surface area contributed by atoms with Gasteiger partial charge in [-0.05, 0) is 37.3 Å². The van der Waals surface area contributed by atoms with E-state index in [1.165, 1.54) is 32.2 Å². The maximum Gasteiger partial charge on any atom is 0.311 e. The Morgan fingerprint density at radius 3 is 2.77 bits per heavy atom. The van der Waals surface area contributed by atoms with E-state index in [1.54, 1.807) is 12.1 Å². The molecule has 1 aliphatic heterocycles. The highest BCUT2D eigenvalue weighted by atomic mass is 35.5. The SMILES string of the molecule is CN1C(N)=NC(C)(c2cc(NC(=O)c3nc4ccc(Cl)cc4o3)ccc2F)CS1(=O)=O. The van der Waals surface area contributed by atoms with Crippen molar-refractivity contribution in [1.29, 1.82) is 0 Å². The average molecular weight is 466 g/mol. The van der Waals surface area contributed by atoms with Gasteiger partial charge < -0.3 is 15.5 Å². The van der Waals surface area contributed by atoms with Crippen molar-refractivity contribution in [3.8, 4) is 0 Å². The number of benzene rings is 2. The van der Waals surface area contributed by atoms with E-state index in [9.17, 15) is 17.6 Å². The molecule has 3 N–H and O–H groups in total. The van der Waals surface area contributed by atoms with Gasteiger partial charge in [0.1, 0.15) is 16.9 Å². The summed E-state index contributed by atoms with van der Waals surface area (Å²) in [5.74, 6) is -2.31. The maximum absolute atomic E-state index is 14.6. The molecule has 4 rings (SSSR count). The van der Waals surface area contributed by atoms with Crippen LogP contribution < -0.4 is 11.1 Å². The third-order valence-electron chi connectivity index (χ3n) is 4.91. The quantitative estimate of drug-likeness (QED) is 0.611. The molecule has 1 aliphatic rings. The lowest BCUT2D eigenvalue weighted by atomic mass is 9.93. The number of hydrogen-bond acceptors (Lipinski definition) is 7. The van der Waals surface area contributed by atoms with Gasteiger partial charge in [-0.3, -0.25) is 4.79 Å². The topological polar surface area (TPSA) is 131 Å². The molecule has 0 spiro atoms. The van der Waals surface area contributed by atoms with Crippen LogP contribution in [0.25, 0.3) is 11.1 Å². The fourth-order valence-corrected chi connectivity index (χ4v) is 4.90. The van der Waals surface area contributed by atoms with Crippen molar-refractivity contribution in [2.45, 2.75) is 12.5 Å². The zero-order valence-electron chi connectivity index (χ0n) is 16.4. The number of rotatable bonds is 3. The van der Waals surface area contributed by atoms with Crippen molar-refractivity contribution in [2.75, 3.05) is 18.1 Å². The molecule has 2 heterocycles. The van der Waals surface area contributed by atoms with E-state index in [-0.39, 0.29) is 23.1 Å². The Balaban J connectivity index is 1.67. The highest BCUT2D eigenvalue weighted by Crippen LogP contribution is 2.35. The second kappa shape index (κ2) is 7.20. The number of fused-ring (bicyclic) bond motifs is 1. The minimum atomic E-state index is -3.79. The Morgan fingerprint density at radius 2 is 2.06 bits per heavy atom. The predicted octanol–water partition coefficient (Wildman–Crippen LogP) is 2.68. The van der Waals surface area contributed by atoms with Crippen LogP contribution in [0.3, 0.4) is 0 Å². The summed E-state index contributed by atoms with van der Waals surface area (Å²) in [4.78, 5) is 20.9. The number of sulfonamides is 1. The summed E-state index contributed by atoms with van der Waals surface area (Å²) in [5, 5.41) is 2.99. The van der Waals surface area contributed by atoms with Crippen LogP contribution in [0, 0.1) is 5.82 Å². The lowest BCUT2D eigenvalue weighted by Crippen LogP contribution is -2.50. The molecule has 9 nitrogen and oxygen atoms in total. The molecular formula is C19H17ClFN5O4S. The number of carbonyl (C=O) groups is 1. The molecule has 0 bridgehead atoms. The Morgan fingerprint density at radius 1 is 1.32 bits per heavy atom. The number of nitrogens with one attached hydrogen (secondary N) is 1. The van der Waals surface area contributed by atoms with Crippen molar-refractivity contribution in [3.63, 3.8) is 0 Å². The molecule has 0 saturated heterocycles. The van der Waals surface area contributed by atoms with Crippen molar-refractivity contribution >= 4 is 50.3 Å². The highest BCUT2D eigenvalue weighted by Gasteiger charge is 2.41. The van der Waals surface area contributed by atoms with E-state index in [0.29, 0.717) is 16.1 Å². The van der Waals surface area contributed by atoms with Crippen molar-refractivity contribution in [2.24, 2.45) is 10.7 Å². The van der Waals surface area contributed by atoms with Crippen LogP contribution in [0.2, 0.25) is 5.02 Å². The van der Waals surface area contributed by atoms with Crippen LogP contribution in [-0.2, 0) is 15.6 Å². The van der Waals surface area contributed by atoms with Gasteiger partial charge in [-0.1, -0.05) is 11.6 Å². The number of nitrogens with zero attached hydrogens (tertiary/aromatic N) is 3. The van der Waals surface area contributed by atoms with Crippen molar-refractivity contribution in [1.82, 2.24) is 9.29 Å². The molecule has 0 aliphatic carbocycles. The summed E-state index contributed by atoms with van der Waals surface area (Å²) >= 11 is 5.91. The van der Waals surface area contributed by atoms with Gasteiger partial charge in [0.2, 0.25) is 16.0 Å². The number of nitrogens with two attached hydrogens (primary N) is 1. The van der Waals surface area contributed by atoms with E-state index >= 15 is 0 Å². The van der Waals surface area contributed by atoms with Gasteiger partial charge in [-0.25, -0.2) is 27.1 Å². The molecule has 1 unspecified atom stereocenters.